The summed E-state index contributed by atoms with van der Waals surface area (Å²) in [6, 6.07) is 19.7. The lowest BCUT2D eigenvalue weighted by Gasteiger charge is -2.20. The predicted molar refractivity (Wildman–Crippen MR) is 141 cm³/mol. The van der Waals surface area contributed by atoms with Crippen LogP contribution >= 0.6 is 11.3 Å². The average Bonchev–Trinajstić information content (AvgIpc) is 3.23. The summed E-state index contributed by atoms with van der Waals surface area (Å²) in [6.07, 6.45) is 0. The van der Waals surface area contributed by atoms with Crippen LogP contribution in [0.2, 0.25) is 0 Å². The number of fused-ring (bicyclic) bond motifs is 1. The van der Waals surface area contributed by atoms with Crippen molar-refractivity contribution >= 4 is 37.5 Å². The van der Waals surface area contributed by atoms with Gasteiger partial charge in [-0.15, -0.1) is 0 Å². The molecule has 0 bridgehead atoms. The summed E-state index contributed by atoms with van der Waals surface area (Å²) in [4.78, 5) is 18.2. The van der Waals surface area contributed by atoms with Gasteiger partial charge in [0.05, 0.1) is 15.1 Å². The molecule has 0 N–H and O–H groups in total. The van der Waals surface area contributed by atoms with Gasteiger partial charge in [0.15, 0.2) is 4.80 Å². The monoisotopic (exact) mass is 507 g/mol. The predicted octanol–water partition coefficient (Wildman–Crippen LogP) is 5.29. The number of rotatable bonds is 7. The molecule has 4 rings (SSSR count). The Morgan fingerprint density at radius 3 is 2.29 bits per heavy atom. The van der Waals surface area contributed by atoms with E-state index in [1.807, 2.05) is 44.2 Å². The van der Waals surface area contributed by atoms with Gasteiger partial charge in [-0.25, -0.2) is 8.42 Å². The van der Waals surface area contributed by atoms with Crippen molar-refractivity contribution in [2.45, 2.75) is 45.7 Å². The minimum absolute atomic E-state index is 0.156. The summed E-state index contributed by atoms with van der Waals surface area (Å²) in [7, 11) is -3.70. The Balaban J connectivity index is 1.63. The van der Waals surface area contributed by atoms with Crippen molar-refractivity contribution in [3.05, 3.63) is 93.8 Å². The SMILES string of the molecule is CCN(Cc1ccccc1)S(=O)(=O)c1ccc(C(=O)N=c2sc3ccc(C)c(C)c3n2CC)cc1. The number of thiazole rings is 1. The second kappa shape index (κ2) is 10.3. The van der Waals surface area contributed by atoms with Crippen molar-refractivity contribution in [1.82, 2.24) is 8.87 Å². The molecule has 0 saturated heterocycles. The van der Waals surface area contributed by atoms with Gasteiger partial charge in [0.25, 0.3) is 5.91 Å². The molecule has 0 fully saturated rings. The standard InChI is InChI=1S/C27H29N3O3S2/c1-5-29(18-21-10-8-7-9-11-21)35(32,33)23-15-13-22(14-16-23)26(31)28-27-30(6-2)25-20(4)19(3)12-17-24(25)34-27/h7-17H,5-6,18H2,1-4H3. The number of carbonyl (C=O) groups excluding carboxylic acids is 1. The normalized spacial score (nSPS) is 12.5. The van der Waals surface area contributed by atoms with Crippen LogP contribution in [0.15, 0.2) is 76.6 Å². The summed E-state index contributed by atoms with van der Waals surface area (Å²) in [5.41, 5.74) is 4.74. The van der Waals surface area contributed by atoms with Crippen LogP contribution in [0.3, 0.4) is 0 Å². The van der Waals surface area contributed by atoms with Crippen LogP contribution in [0.1, 0.15) is 40.9 Å². The van der Waals surface area contributed by atoms with E-state index in [1.54, 1.807) is 0 Å². The third-order valence-electron chi connectivity index (χ3n) is 6.17. The maximum absolute atomic E-state index is 13.2. The first-order valence-corrected chi connectivity index (χ1v) is 13.8. The lowest BCUT2D eigenvalue weighted by molar-refractivity contribution is 0.0997. The van der Waals surface area contributed by atoms with Crippen molar-refractivity contribution in [2.24, 2.45) is 4.99 Å². The Kier molecular flexibility index (Phi) is 7.35. The van der Waals surface area contributed by atoms with Crippen molar-refractivity contribution in [3.8, 4) is 0 Å². The number of amides is 1. The highest BCUT2D eigenvalue weighted by Gasteiger charge is 2.23. The maximum atomic E-state index is 13.2. The zero-order valence-electron chi connectivity index (χ0n) is 20.4. The quantitative estimate of drug-likeness (QED) is 0.341. The molecule has 0 spiro atoms. The van der Waals surface area contributed by atoms with E-state index in [0.29, 0.717) is 23.5 Å². The molecule has 0 aliphatic heterocycles. The number of hydrogen-bond acceptors (Lipinski definition) is 4. The lowest BCUT2D eigenvalue weighted by Crippen LogP contribution is -2.30. The van der Waals surface area contributed by atoms with Gasteiger partial charge in [-0.1, -0.05) is 54.7 Å². The molecule has 0 aliphatic carbocycles. The molecular formula is C27H29N3O3S2. The van der Waals surface area contributed by atoms with Gasteiger partial charge in [0.2, 0.25) is 10.0 Å². The van der Waals surface area contributed by atoms with E-state index in [-0.39, 0.29) is 11.4 Å². The fraction of sp³-hybridized carbons (Fsp3) is 0.259. The van der Waals surface area contributed by atoms with E-state index in [4.69, 9.17) is 0 Å². The number of carbonyl (C=O) groups is 1. The number of sulfonamides is 1. The van der Waals surface area contributed by atoms with E-state index in [9.17, 15) is 13.2 Å². The minimum atomic E-state index is -3.70. The van der Waals surface area contributed by atoms with E-state index < -0.39 is 15.9 Å². The fourth-order valence-electron chi connectivity index (χ4n) is 4.04. The Morgan fingerprint density at radius 1 is 0.971 bits per heavy atom. The van der Waals surface area contributed by atoms with Gasteiger partial charge in [-0.05, 0) is 67.8 Å². The molecule has 0 radical (unpaired) electrons. The van der Waals surface area contributed by atoms with Gasteiger partial charge < -0.3 is 4.57 Å². The second-order valence-corrected chi connectivity index (χ2v) is 11.3. The Bertz CT molecular complexity index is 1530. The molecule has 8 heteroatoms. The van der Waals surface area contributed by atoms with Crippen LogP contribution in [0.25, 0.3) is 10.2 Å². The Morgan fingerprint density at radius 2 is 1.66 bits per heavy atom. The van der Waals surface area contributed by atoms with Gasteiger partial charge in [0.1, 0.15) is 0 Å². The first kappa shape index (κ1) is 25.0. The first-order chi connectivity index (χ1) is 16.8. The summed E-state index contributed by atoms with van der Waals surface area (Å²) in [5.74, 6) is -0.395. The smallest absolute Gasteiger partial charge is 0.279 e. The summed E-state index contributed by atoms with van der Waals surface area (Å²) >= 11 is 1.48. The first-order valence-electron chi connectivity index (χ1n) is 11.6. The fourth-order valence-corrected chi connectivity index (χ4v) is 6.63. The van der Waals surface area contributed by atoms with Crippen molar-refractivity contribution < 1.29 is 13.2 Å². The number of aryl methyl sites for hydroxylation is 3. The minimum Gasteiger partial charge on any atom is -0.316 e. The van der Waals surface area contributed by atoms with Crippen LogP contribution in [-0.4, -0.2) is 29.7 Å². The van der Waals surface area contributed by atoms with Crippen LogP contribution in [0.5, 0.6) is 0 Å². The molecule has 35 heavy (non-hydrogen) atoms. The average molecular weight is 508 g/mol. The van der Waals surface area contributed by atoms with E-state index in [1.165, 1.54) is 51.0 Å². The molecule has 6 nitrogen and oxygen atoms in total. The Hall–Kier alpha value is -3.07. The van der Waals surface area contributed by atoms with Gasteiger partial charge >= 0.3 is 0 Å². The van der Waals surface area contributed by atoms with Crippen LogP contribution in [-0.2, 0) is 23.1 Å². The van der Waals surface area contributed by atoms with E-state index in [0.717, 1.165) is 15.8 Å². The molecule has 1 aromatic heterocycles. The molecule has 0 unspecified atom stereocenters. The molecule has 0 aliphatic rings. The number of hydrogen-bond donors (Lipinski definition) is 0. The van der Waals surface area contributed by atoms with Gasteiger partial charge in [0, 0.05) is 25.2 Å². The molecule has 0 saturated carbocycles. The van der Waals surface area contributed by atoms with Gasteiger partial charge in [-0.2, -0.15) is 9.30 Å². The Labute approximate surface area is 210 Å². The van der Waals surface area contributed by atoms with Crippen LogP contribution in [0.4, 0.5) is 0 Å². The molecule has 0 atom stereocenters. The molecule has 3 aromatic carbocycles. The summed E-state index contributed by atoms with van der Waals surface area (Å²) in [6.45, 7) is 9.33. The largest absolute Gasteiger partial charge is 0.316 e. The van der Waals surface area contributed by atoms with Crippen molar-refractivity contribution in [3.63, 3.8) is 0 Å². The number of nitrogens with zero attached hydrogens (tertiary/aromatic N) is 3. The van der Waals surface area contributed by atoms with Crippen LogP contribution in [0, 0.1) is 13.8 Å². The molecule has 1 amide bonds. The zero-order chi connectivity index (χ0) is 25.2. The number of aromatic nitrogens is 1. The highest BCUT2D eigenvalue weighted by Crippen LogP contribution is 2.24. The zero-order valence-corrected chi connectivity index (χ0v) is 22.0. The lowest BCUT2D eigenvalue weighted by atomic mass is 10.1. The molecule has 4 aromatic rings. The molecule has 1 heterocycles. The third kappa shape index (κ3) is 5.00. The highest BCUT2D eigenvalue weighted by atomic mass is 32.2. The summed E-state index contributed by atoms with van der Waals surface area (Å²) < 4.78 is 31.0. The van der Waals surface area contributed by atoms with Gasteiger partial charge in [-0.3, -0.25) is 4.79 Å². The third-order valence-corrected chi connectivity index (χ3v) is 9.15. The van der Waals surface area contributed by atoms with Crippen molar-refractivity contribution in [1.29, 1.82) is 0 Å². The molecular weight excluding hydrogens is 478 g/mol. The topological polar surface area (TPSA) is 71.7 Å². The highest BCUT2D eigenvalue weighted by molar-refractivity contribution is 7.89. The molecule has 182 valence electrons. The van der Waals surface area contributed by atoms with E-state index in [2.05, 4.69) is 35.5 Å². The van der Waals surface area contributed by atoms with Crippen LogP contribution < -0.4 is 4.80 Å². The summed E-state index contributed by atoms with van der Waals surface area (Å²) in [5, 5.41) is 0. The van der Waals surface area contributed by atoms with E-state index >= 15 is 0 Å². The number of benzene rings is 3. The second-order valence-electron chi connectivity index (χ2n) is 8.34. The van der Waals surface area contributed by atoms with Crippen molar-refractivity contribution in [2.75, 3.05) is 6.54 Å². The maximum Gasteiger partial charge on any atom is 0.279 e.